The van der Waals surface area contributed by atoms with Gasteiger partial charge in [-0.1, -0.05) is 19.9 Å². The van der Waals surface area contributed by atoms with Gasteiger partial charge in [0.15, 0.2) is 0 Å². The Balaban J connectivity index is 0.00000147. The molecule has 0 aliphatic carbocycles. The minimum Gasteiger partial charge on any atom is -0.508 e. The van der Waals surface area contributed by atoms with E-state index in [1.165, 1.54) is 5.57 Å². The molecule has 0 bridgehead atoms. The number of nitrogens with zero attached hydrogens (tertiary/aromatic N) is 1. The van der Waals surface area contributed by atoms with Gasteiger partial charge >= 0.3 is 0 Å². The van der Waals surface area contributed by atoms with Crippen molar-refractivity contribution in [2.75, 3.05) is 19.7 Å². The van der Waals surface area contributed by atoms with Crippen molar-refractivity contribution in [3.05, 3.63) is 29.8 Å². The number of rotatable bonds is 2. The summed E-state index contributed by atoms with van der Waals surface area (Å²) in [7, 11) is 0. The van der Waals surface area contributed by atoms with Gasteiger partial charge in [-0.25, -0.2) is 0 Å². The molecule has 2 aliphatic rings. The molecule has 1 N–H and O–H groups in total. The van der Waals surface area contributed by atoms with Crippen LogP contribution in [0, 0.1) is 5.92 Å². The van der Waals surface area contributed by atoms with Gasteiger partial charge < -0.3 is 9.84 Å². The molecule has 0 saturated heterocycles. The first kappa shape index (κ1) is 15.2. The highest BCUT2D eigenvalue weighted by Gasteiger charge is 2.33. The van der Waals surface area contributed by atoms with Gasteiger partial charge in [-0.2, -0.15) is 0 Å². The number of ether oxygens (including phenoxy) is 1. The predicted octanol–water partition coefficient (Wildman–Crippen LogP) is 3.32. The van der Waals surface area contributed by atoms with Crippen LogP contribution in [0.15, 0.2) is 24.3 Å². The molecule has 2 aliphatic heterocycles. The molecule has 4 heteroatoms. The molecule has 0 radical (unpaired) electrons. The van der Waals surface area contributed by atoms with Crippen LogP contribution >= 0.6 is 12.4 Å². The van der Waals surface area contributed by atoms with Gasteiger partial charge in [0.05, 0.1) is 6.04 Å². The molecule has 20 heavy (non-hydrogen) atoms. The van der Waals surface area contributed by atoms with Crippen molar-refractivity contribution >= 4 is 18.0 Å². The SMILES string of the molecule is CCCN1CC(C)C=C2c3cc(O)ccc3OCC21.Cl. The number of phenolic OH excluding ortho intramolecular Hbond substituents is 1. The average molecular weight is 296 g/mol. The van der Waals surface area contributed by atoms with E-state index in [0.717, 1.165) is 37.4 Å². The summed E-state index contributed by atoms with van der Waals surface area (Å²) >= 11 is 0. The quantitative estimate of drug-likeness (QED) is 0.908. The van der Waals surface area contributed by atoms with Gasteiger partial charge in [0.1, 0.15) is 18.1 Å². The molecule has 1 aromatic carbocycles. The molecular weight excluding hydrogens is 274 g/mol. The first-order chi connectivity index (χ1) is 9.19. The lowest BCUT2D eigenvalue weighted by atomic mass is 9.87. The molecule has 3 rings (SSSR count). The van der Waals surface area contributed by atoms with Gasteiger partial charge in [0.2, 0.25) is 0 Å². The van der Waals surface area contributed by atoms with Crippen LogP contribution in [0.3, 0.4) is 0 Å². The lowest BCUT2D eigenvalue weighted by molar-refractivity contribution is 0.143. The van der Waals surface area contributed by atoms with Crippen molar-refractivity contribution in [1.82, 2.24) is 4.90 Å². The van der Waals surface area contributed by atoms with E-state index in [4.69, 9.17) is 4.74 Å². The van der Waals surface area contributed by atoms with E-state index in [9.17, 15) is 5.11 Å². The van der Waals surface area contributed by atoms with Gasteiger partial charge in [-0.3, -0.25) is 4.90 Å². The van der Waals surface area contributed by atoms with Gasteiger partial charge in [0, 0.05) is 12.1 Å². The third-order valence-corrected chi connectivity index (χ3v) is 3.97. The zero-order valence-corrected chi connectivity index (χ0v) is 12.8. The lowest BCUT2D eigenvalue weighted by Crippen LogP contribution is -2.47. The molecule has 0 fully saturated rings. The van der Waals surface area contributed by atoms with Gasteiger partial charge in [-0.05, 0) is 42.7 Å². The second-order valence-corrected chi connectivity index (χ2v) is 5.60. The molecule has 0 spiro atoms. The highest BCUT2D eigenvalue weighted by Crippen LogP contribution is 2.40. The Labute approximate surface area is 126 Å². The monoisotopic (exact) mass is 295 g/mol. The standard InChI is InChI=1S/C16H21NO2.ClH/c1-3-6-17-9-11(2)7-13-14-8-12(18)4-5-16(14)19-10-15(13)17;/h4-5,7-8,11,15,18H,3,6,9-10H2,1-2H3;1H. The van der Waals surface area contributed by atoms with E-state index in [-0.39, 0.29) is 12.4 Å². The first-order valence-corrected chi connectivity index (χ1v) is 7.11. The molecule has 1 aromatic rings. The molecule has 2 unspecified atom stereocenters. The molecule has 2 atom stereocenters. The van der Waals surface area contributed by atoms with Gasteiger partial charge in [-0.15, -0.1) is 12.4 Å². The molecule has 0 amide bonds. The third kappa shape index (κ3) is 2.65. The largest absolute Gasteiger partial charge is 0.508 e. The number of phenols is 1. The van der Waals surface area contributed by atoms with Crippen LogP contribution in [0.25, 0.3) is 5.57 Å². The second kappa shape index (κ2) is 6.06. The van der Waals surface area contributed by atoms with Crippen molar-refractivity contribution in [2.45, 2.75) is 26.3 Å². The van der Waals surface area contributed by atoms with Crippen molar-refractivity contribution in [1.29, 1.82) is 0 Å². The van der Waals surface area contributed by atoms with Crippen LogP contribution in [0.2, 0.25) is 0 Å². The summed E-state index contributed by atoms with van der Waals surface area (Å²) in [4.78, 5) is 2.51. The maximum absolute atomic E-state index is 9.72. The number of aromatic hydroxyl groups is 1. The summed E-state index contributed by atoms with van der Waals surface area (Å²) in [5, 5.41) is 9.72. The molecule has 0 saturated carbocycles. The summed E-state index contributed by atoms with van der Waals surface area (Å²) in [6, 6.07) is 5.72. The Bertz CT molecular complexity index is 515. The topological polar surface area (TPSA) is 32.7 Å². The summed E-state index contributed by atoms with van der Waals surface area (Å²) in [6.45, 7) is 7.38. The second-order valence-electron chi connectivity index (χ2n) is 5.60. The van der Waals surface area contributed by atoms with Crippen LogP contribution in [-0.2, 0) is 0 Å². The van der Waals surface area contributed by atoms with Crippen LogP contribution in [0.5, 0.6) is 11.5 Å². The first-order valence-electron chi connectivity index (χ1n) is 7.11. The molecule has 2 heterocycles. The van der Waals surface area contributed by atoms with E-state index in [2.05, 4.69) is 24.8 Å². The fraction of sp³-hybridized carbons (Fsp3) is 0.500. The highest BCUT2D eigenvalue weighted by atomic mass is 35.5. The van der Waals surface area contributed by atoms with Crippen molar-refractivity contribution in [2.24, 2.45) is 5.92 Å². The molecule has 110 valence electrons. The fourth-order valence-electron chi connectivity index (χ4n) is 3.20. The number of benzene rings is 1. The molecular formula is C16H22ClNO2. The van der Waals surface area contributed by atoms with Gasteiger partial charge in [0.25, 0.3) is 0 Å². The fourth-order valence-corrected chi connectivity index (χ4v) is 3.20. The minimum atomic E-state index is 0. The summed E-state index contributed by atoms with van der Waals surface area (Å²) in [5.41, 5.74) is 2.38. The Morgan fingerprint density at radius 1 is 1.40 bits per heavy atom. The zero-order valence-electron chi connectivity index (χ0n) is 12.0. The smallest absolute Gasteiger partial charge is 0.127 e. The minimum absolute atomic E-state index is 0. The van der Waals surface area contributed by atoms with Crippen molar-refractivity contribution < 1.29 is 9.84 Å². The van der Waals surface area contributed by atoms with Crippen LogP contribution in [0.1, 0.15) is 25.8 Å². The lowest BCUT2D eigenvalue weighted by Gasteiger charge is -2.41. The van der Waals surface area contributed by atoms with E-state index in [1.807, 2.05) is 12.1 Å². The van der Waals surface area contributed by atoms with Crippen molar-refractivity contribution in [3.63, 3.8) is 0 Å². The summed E-state index contributed by atoms with van der Waals surface area (Å²) < 4.78 is 5.87. The zero-order chi connectivity index (χ0) is 13.4. The number of hydrogen-bond donors (Lipinski definition) is 1. The van der Waals surface area contributed by atoms with E-state index in [1.54, 1.807) is 6.07 Å². The normalized spacial score (nSPS) is 24.8. The molecule has 0 aromatic heterocycles. The maximum Gasteiger partial charge on any atom is 0.127 e. The summed E-state index contributed by atoms with van der Waals surface area (Å²) in [5.74, 6) is 1.75. The Morgan fingerprint density at radius 3 is 2.95 bits per heavy atom. The van der Waals surface area contributed by atoms with Crippen molar-refractivity contribution in [3.8, 4) is 11.5 Å². The molecule has 3 nitrogen and oxygen atoms in total. The highest BCUT2D eigenvalue weighted by molar-refractivity contribution is 5.85. The number of hydrogen-bond acceptors (Lipinski definition) is 3. The van der Waals surface area contributed by atoms with Crippen LogP contribution in [-0.4, -0.2) is 35.7 Å². The van der Waals surface area contributed by atoms with Crippen LogP contribution in [0.4, 0.5) is 0 Å². The Hall–Kier alpha value is -1.19. The number of fused-ring (bicyclic) bond motifs is 3. The summed E-state index contributed by atoms with van der Waals surface area (Å²) in [6.07, 6.45) is 3.50. The van der Waals surface area contributed by atoms with E-state index in [0.29, 0.717) is 17.7 Å². The average Bonchev–Trinajstić information content (AvgIpc) is 2.39. The Kier molecular flexibility index (Phi) is 4.61. The maximum atomic E-state index is 9.72. The Morgan fingerprint density at radius 2 is 2.20 bits per heavy atom. The number of halogens is 1. The third-order valence-electron chi connectivity index (χ3n) is 3.97. The van der Waals surface area contributed by atoms with Crippen LogP contribution < -0.4 is 4.74 Å². The predicted molar refractivity (Wildman–Crippen MR) is 83.6 cm³/mol. The van der Waals surface area contributed by atoms with E-state index < -0.39 is 0 Å². The van der Waals surface area contributed by atoms with E-state index >= 15 is 0 Å².